The molecule has 0 unspecified atom stereocenters. The van der Waals surface area contributed by atoms with Crippen LogP contribution in [0.1, 0.15) is 11.3 Å². The van der Waals surface area contributed by atoms with E-state index in [1.165, 1.54) is 0 Å². The van der Waals surface area contributed by atoms with Crippen LogP contribution < -0.4 is 5.32 Å². The molecular formula is C18H14Cl2N2O2. The number of hydrogen-bond donors (Lipinski definition) is 1. The summed E-state index contributed by atoms with van der Waals surface area (Å²) in [4.78, 5) is 12.0. The largest absolute Gasteiger partial charge is 0.356 e. The summed E-state index contributed by atoms with van der Waals surface area (Å²) in [7, 11) is 0. The topological polar surface area (TPSA) is 55.1 Å². The lowest BCUT2D eigenvalue weighted by atomic mass is 10.1. The number of halogens is 2. The quantitative estimate of drug-likeness (QED) is 0.728. The first-order chi connectivity index (χ1) is 11.6. The average molecular weight is 361 g/mol. The maximum Gasteiger partial charge on any atom is 0.224 e. The highest BCUT2D eigenvalue weighted by atomic mass is 35.5. The highest BCUT2D eigenvalue weighted by Crippen LogP contribution is 2.22. The highest BCUT2D eigenvalue weighted by molar-refractivity contribution is 6.31. The van der Waals surface area contributed by atoms with Crippen molar-refractivity contribution in [3.05, 3.63) is 75.9 Å². The molecule has 0 aliphatic rings. The maximum absolute atomic E-state index is 12.0. The number of carbonyl (C=O) groups is 1. The van der Waals surface area contributed by atoms with E-state index in [2.05, 4.69) is 10.5 Å². The fourth-order valence-corrected chi connectivity index (χ4v) is 2.54. The summed E-state index contributed by atoms with van der Waals surface area (Å²) in [5.41, 5.74) is 2.31. The Morgan fingerprint density at radius 3 is 2.58 bits per heavy atom. The molecule has 0 aliphatic heterocycles. The molecular weight excluding hydrogens is 347 g/mol. The first kappa shape index (κ1) is 16.6. The molecule has 1 aromatic heterocycles. The lowest BCUT2D eigenvalue weighted by Gasteiger charge is -2.04. The monoisotopic (exact) mass is 360 g/mol. The van der Waals surface area contributed by atoms with E-state index in [0.717, 1.165) is 11.1 Å². The number of nitrogens with zero attached hydrogens (tertiary/aromatic N) is 1. The van der Waals surface area contributed by atoms with Crippen LogP contribution in [-0.4, -0.2) is 11.1 Å². The fraction of sp³-hybridized carbons (Fsp3) is 0.111. The Hall–Kier alpha value is -2.30. The zero-order valence-corrected chi connectivity index (χ0v) is 14.1. The molecule has 0 fully saturated rings. The third kappa shape index (κ3) is 4.16. The van der Waals surface area contributed by atoms with Gasteiger partial charge in [-0.3, -0.25) is 4.79 Å². The second-order valence-corrected chi connectivity index (χ2v) is 6.08. The third-order valence-electron chi connectivity index (χ3n) is 3.46. The van der Waals surface area contributed by atoms with Gasteiger partial charge in [-0.25, -0.2) is 0 Å². The molecule has 0 bridgehead atoms. The van der Waals surface area contributed by atoms with Crippen LogP contribution >= 0.6 is 23.2 Å². The number of rotatable bonds is 5. The van der Waals surface area contributed by atoms with Crippen LogP contribution in [0.2, 0.25) is 10.0 Å². The minimum atomic E-state index is -0.126. The minimum Gasteiger partial charge on any atom is -0.356 e. The van der Waals surface area contributed by atoms with Crippen molar-refractivity contribution in [2.45, 2.75) is 13.0 Å². The van der Waals surface area contributed by atoms with Gasteiger partial charge in [0.05, 0.1) is 13.0 Å². The van der Waals surface area contributed by atoms with Crippen LogP contribution in [0, 0.1) is 0 Å². The summed E-state index contributed by atoms with van der Waals surface area (Å²) in [5.74, 6) is 0.501. The zero-order valence-electron chi connectivity index (χ0n) is 12.6. The molecule has 0 atom stereocenters. The molecule has 1 N–H and O–H groups in total. The van der Waals surface area contributed by atoms with Gasteiger partial charge in [0.1, 0.15) is 5.69 Å². The van der Waals surface area contributed by atoms with Crippen molar-refractivity contribution in [1.29, 1.82) is 0 Å². The van der Waals surface area contributed by atoms with E-state index < -0.39 is 0 Å². The smallest absolute Gasteiger partial charge is 0.224 e. The van der Waals surface area contributed by atoms with Crippen molar-refractivity contribution >= 4 is 29.1 Å². The zero-order chi connectivity index (χ0) is 16.9. The first-order valence-corrected chi connectivity index (χ1v) is 8.09. The van der Waals surface area contributed by atoms with E-state index in [0.29, 0.717) is 28.0 Å². The third-order valence-corrected chi connectivity index (χ3v) is 4.08. The van der Waals surface area contributed by atoms with Gasteiger partial charge in [-0.05, 0) is 35.9 Å². The Bertz CT molecular complexity index is 844. The normalized spacial score (nSPS) is 10.6. The number of aromatic nitrogens is 1. The van der Waals surface area contributed by atoms with Gasteiger partial charge in [0.2, 0.25) is 5.91 Å². The van der Waals surface area contributed by atoms with Crippen LogP contribution in [-0.2, 0) is 17.8 Å². The van der Waals surface area contributed by atoms with Crippen molar-refractivity contribution in [3.63, 3.8) is 0 Å². The summed E-state index contributed by atoms with van der Waals surface area (Å²) in [6.45, 7) is 0.292. The van der Waals surface area contributed by atoms with E-state index in [1.54, 1.807) is 24.3 Å². The van der Waals surface area contributed by atoms with Gasteiger partial charge < -0.3 is 9.84 Å². The molecule has 3 rings (SSSR count). The van der Waals surface area contributed by atoms with Crippen LogP contribution in [0.3, 0.4) is 0 Å². The predicted molar refractivity (Wildman–Crippen MR) is 94.0 cm³/mol. The van der Waals surface area contributed by atoms with Crippen molar-refractivity contribution in [3.8, 4) is 11.3 Å². The number of nitrogens with one attached hydrogen (secondary N) is 1. The van der Waals surface area contributed by atoms with Gasteiger partial charge in [0, 0.05) is 21.7 Å². The Balaban J connectivity index is 1.58. The fourth-order valence-electron chi connectivity index (χ4n) is 2.21. The molecule has 1 amide bonds. The van der Waals surface area contributed by atoms with Crippen LogP contribution in [0.25, 0.3) is 11.3 Å². The lowest BCUT2D eigenvalue weighted by molar-refractivity contribution is -0.120. The van der Waals surface area contributed by atoms with Crippen LogP contribution in [0.15, 0.2) is 59.1 Å². The standard InChI is InChI=1S/C18H14Cl2N2O2/c19-14-7-5-12(6-8-14)17-10-15(22-24-17)11-21-18(23)9-13-3-1-2-4-16(13)20/h1-8,10H,9,11H2,(H,21,23). The molecule has 3 aromatic rings. The number of amides is 1. The molecule has 4 nitrogen and oxygen atoms in total. The summed E-state index contributed by atoms with van der Waals surface area (Å²) in [5, 5.41) is 8.01. The molecule has 24 heavy (non-hydrogen) atoms. The lowest BCUT2D eigenvalue weighted by Crippen LogP contribution is -2.24. The van der Waals surface area contributed by atoms with Gasteiger partial charge in [-0.2, -0.15) is 0 Å². The molecule has 0 radical (unpaired) electrons. The van der Waals surface area contributed by atoms with Gasteiger partial charge in [0.25, 0.3) is 0 Å². The molecule has 0 saturated carbocycles. The van der Waals surface area contributed by atoms with Gasteiger partial charge in [-0.15, -0.1) is 0 Å². The van der Waals surface area contributed by atoms with E-state index in [-0.39, 0.29) is 12.3 Å². The second-order valence-electron chi connectivity index (χ2n) is 5.23. The average Bonchev–Trinajstić information content (AvgIpc) is 3.05. The van der Waals surface area contributed by atoms with Gasteiger partial charge in [0.15, 0.2) is 5.76 Å². The Labute approximate surface area is 149 Å². The summed E-state index contributed by atoms with van der Waals surface area (Å²) in [6, 6.07) is 16.3. The molecule has 1 heterocycles. The van der Waals surface area contributed by atoms with Crippen molar-refractivity contribution in [2.24, 2.45) is 0 Å². The van der Waals surface area contributed by atoms with E-state index in [9.17, 15) is 4.79 Å². The van der Waals surface area contributed by atoms with Crippen LogP contribution in [0.4, 0.5) is 0 Å². The van der Waals surface area contributed by atoms with E-state index in [4.69, 9.17) is 27.7 Å². The SMILES string of the molecule is O=C(Cc1ccccc1Cl)NCc1cc(-c2ccc(Cl)cc2)on1. The molecule has 0 saturated heterocycles. The second kappa shape index (κ2) is 7.51. The minimum absolute atomic E-state index is 0.126. The molecule has 2 aromatic carbocycles. The van der Waals surface area contributed by atoms with Gasteiger partial charge in [-0.1, -0.05) is 46.6 Å². The molecule has 6 heteroatoms. The summed E-state index contributed by atoms with van der Waals surface area (Å²) >= 11 is 11.9. The maximum atomic E-state index is 12.0. The van der Waals surface area contributed by atoms with Crippen molar-refractivity contribution in [2.75, 3.05) is 0 Å². The summed E-state index contributed by atoms with van der Waals surface area (Å²) < 4.78 is 5.29. The Morgan fingerprint density at radius 2 is 1.83 bits per heavy atom. The Kier molecular flexibility index (Phi) is 5.18. The van der Waals surface area contributed by atoms with E-state index >= 15 is 0 Å². The number of benzene rings is 2. The van der Waals surface area contributed by atoms with Crippen molar-refractivity contribution < 1.29 is 9.32 Å². The first-order valence-electron chi connectivity index (χ1n) is 7.33. The predicted octanol–water partition coefficient (Wildman–Crippen LogP) is 4.51. The highest BCUT2D eigenvalue weighted by Gasteiger charge is 2.10. The van der Waals surface area contributed by atoms with Crippen molar-refractivity contribution in [1.82, 2.24) is 10.5 Å². The number of hydrogen-bond acceptors (Lipinski definition) is 3. The Morgan fingerprint density at radius 1 is 1.08 bits per heavy atom. The number of carbonyl (C=O) groups excluding carboxylic acids is 1. The molecule has 122 valence electrons. The van der Waals surface area contributed by atoms with Gasteiger partial charge >= 0.3 is 0 Å². The molecule has 0 aliphatic carbocycles. The van der Waals surface area contributed by atoms with E-state index in [1.807, 2.05) is 30.3 Å². The van der Waals surface area contributed by atoms with Crippen LogP contribution in [0.5, 0.6) is 0 Å². The molecule has 0 spiro atoms. The summed E-state index contributed by atoms with van der Waals surface area (Å²) in [6.07, 6.45) is 0.224.